The van der Waals surface area contributed by atoms with Gasteiger partial charge < -0.3 is 11.1 Å². The summed E-state index contributed by atoms with van der Waals surface area (Å²) in [6.45, 7) is 6.09. The van der Waals surface area contributed by atoms with Gasteiger partial charge in [0.25, 0.3) is 5.91 Å². The molecule has 1 amide bonds. The van der Waals surface area contributed by atoms with Gasteiger partial charge in [-0.2, -0.15) is 0 Å². The van der Waals surface area contributed by atoms with E-state index in [9.17, 15) is 4.79 Å². The van der Waals surface area contributed by atoms with Crippen molar-refractivity contribution in [2.45, 2.75) is 33.2 Å². The van der Waals surface area contributed by atoms with Crippen LogP contribution in [0, 0.1) is 19.8 Å². The van der Waals surface area contributed by atoms with Crippen molar-refractivity contribution >= 4 is 33.1 Å². The van der Waals surface area contributed by atoms with Crippen LogP contribution in [0.1, 0.15) is 34.3 Å². The molecule has 5 heteroatoms. The predicted octanol–water partition coefficient (Wildman–Crippen LogP) is 2.63. The van der Waals surface area contributed by atoms with Crippen LogP contribution in [-0.4, -0.2) is 16.9 Å². The standard InChI is InChI=1S/C14H17N3OS/c1-6-5-9(6)17-13(18)12-11(15)10-7(2)4-8(3)16-14(10)19-12/h4,6,9H,5,15H2,1-3H3,(H,17,18). The number of aryl methyl sites for hydroxylation is 2. The lowest BCUT2D eigenvalue weighted by Gasteiger charge is -2.02. The molecule has 0 radical (unpaired) electrons. The number of nitrogens with two attached hydrogens (primary N) is 1. The molecule has 1 aliphatic rings. The number of pyridine rings is 1. The van der Waals surface area contributed by atoms with Gasteiger partial charge in [-0.25, -0.2) is 4.98 Å². The summed E-state index contributed by atoms with van der Waals surface area (Å²) < 4.78 is 0. The lowest BCUT2D eigenvalue weighted by Crippen LogP contribution is -2.26. The summed E-state index contributed by atoms with van der Waals surface area (Å²) in [4.78, 5) is 18.1. The van der Waals surface area contributed by atoms with E-state index in [1.807, 2.05) is 19.9 Å². The van der Waals surface area contributed by atoms with E-state index in [1.165, 1.54) is 11.3 Å². The van der Waals surface area contributed by atoms with Crippen molar-refractivity contribution in [3.05, 3.63) is 22.2 Å². The van der Waals surface area contributed by atoms with Crippen molar-refractivity contribution < 1.29 is 4.79 Å². The number of carbonyl (C=O) groups excluding carboxylic acids is 1. The molecular weight excluding hydrogens is 258 g/mol. The van der Waals surface area contributed by atoms with Crippen LogP contribution in [0.4, 0.5) is 5.69 Å². The number of thiophene rings is 1. The largest absolute Gasteiger partial charge is 0.397 e. The molecule has 2 aromatic rings. The number of amides is 1. The second-order valence-electron chi connectivity index (χ2n) is 5.40. The zero-order valence-electron chi connectivity index (χ0n) is 11.3. The van der Waals surface area contributed by atoms with Gasteiger partial charge >= 0.3 is 0 Å². The van der Waals surface area contributed by atoms with Crippen LogP contribution in [0.15, 0.2) is 6.07 Å². The third-order valence-corrected chi connectivity index (χ3v) is 4.75. The number of nitrogen functional groups attached to an aromatic ring is 1. The highest BCUT2D eigenvalue weighted by Gasteiger charge is 2.34. The molecule has 2 atom stereocenters. The first-order valence-electron chi connectivity index (χ1n) is 6.44. The fourth-order valence-electron chi connectivity index (χ4n) is 2.39. The maximum Gasteiger partial charge on any atom is 0.263 e. The molecule has 2 unspecified atom stereocenters. The first-order chi connectivity index (χ1) is 8.97. The highest BCUT2D eigenvalue weighted by molar-refractivity contribution is 7.21. The van der Waals surface area contributed by atoms with Crippen molar-refractivity contribution in [3.63, 3.8) is 0 Å². The number of nitrogens with zero attached hydrogens (tertiary/aromatic N) is 1. The van der Waals surface area contributed by atoms with Crippen molar-refractivity contribution in [2.75, 3.05) is 5.73 Å². The topological polar surface area (TPSA) is 68.0 Å². The van der Waals surface area contributed by atoms with E-state index < -0.39 is 0 Å². The Kier molecular flexibility index (Phi) is 2.74. The van der Waals surface area contributed by atoms with Crippen LogP contribution < -0.4 is 11.1 Å². The molecule has 19 heavy (non-hydrogen) atoms. The number of anilines is 1. The Balaban J connectivity index is 2.02. The minimum atomic E-state index is -0.0631. The highest BCUT2D eigenvalue weighted by Crippen LogP contribution is 2.36. The van der Waals surface area contributed by atoms with Crippen molar-refractivity contribution in [1.82, 2.24) is 10.3 Å². The van der Waals surface area contributed by atoms with Gasteiger partial charge in [0.2, 0.25) is 0 Å². The molecule has 1 fully saturated rings. The smallest absolute Gasteiger partial charge is 0.263 e. The van der Waals surface area contributed by atoms with Gasteiger partial charge in [0, 0.05) is 17.1 Å². The van der Waals surface area contributed by atoms with Gasteiger partial charge in [-0.15, -0.1) is 11.3 Å². The van der Waals surface area contributed by atoms with Gasteiger partial charge in [0.15, 0.2) is 0 Å². The molecule has 100 valence electrons. The minimum absolute atomic E-state index is 0.0631. The Hall–Kier alpha value is -1.62. The Morgan fingerprint density at radius 1 is 1.53 bits per heavy atom. The Morgan fingerprint density at radius 3 is 2.84 bits per heavy atom. The molecule has 0 spiro atoms. The maximum atomic E-state index is 12.2. The van der Waals surface area contributed by atoms with Crippen LogP contribution in [-0.2, 0) is 0 Å². The molecule has 2 aromatic heterocycles. The molecule has 0 bridgehead atoms. The summed E-state index contributed by atoms with van der Waals surface area (Å²) in [6, 6.07) is 2.31. The predicted molar refractivity (Wildman–Crippen MR) is 78.5 cm³/mol. The first-order valence-corrected chi connectivity index (χ1v) is 7.26. The molecule has 3 rings (SSSR count). The van der Waals surface area contributed by atoms with E-state index in [0.29, 0.717) is 22.5 Å². The van der Waals surface area contributed by atoms with Crippen LogP contribution >= 0.6 is 11.3 Å². The number of rotatable bonds is 2. The monoisotopic (exact) mass is 275 g/mol. The summed E-state index contributed by atoms with van der Waals surface area (Å²) in [7, 11) is 0. The number of aromatic nitrogens is 1. The maximum absolute atomic E-state index is 12.2. The zero-order chi connectivity index (χ0) is 13.7. The summed E-state index contributed by atoms with van der Waals surface area (Å²) in [6.07, 6.45) is 1.06. The Labute approximate surface area is 116 Å². The zero-order valence-corrected chi connectivity index (χ0v) is 12.1. The summed E-state index contributed by atoms with van der Waals surface area (Å²) in [5.41, 5.74) is 8.73. The van der Waals surface area contributed by atoms with E-state index in [1.54, 1.807) is 0 Å². The van der Waals surface area contributed by atoms with Crippen molar-refractivity contribution in [1.29, 1.82) is 0 Å². The van der Waals surface area contributed by atoms with Gasteiger partial charge in [0.05, 0.1) is 5.69 Å². The van der Waals surface area contributed by atoms with Gasteiger partial charge in [-0.05, 0) is 37.8 Å². The number of hydrogen-bond donors (Lipinski definition) is 2. The number of nitrogens with one attached hydrogen (secondary N) is 1. The van der Waals surface area contributed by atoms with Crippen molar-refractivity contribution in [3.8, 4) is 0 Å². The van der Waals surface area contributed by atoms with Crippen LogP contribution in [0.3, 0.4) is 0 Å². The van der Waals surface area contributed by atoms with Crippen LogP contribution in [0.25, 0.3) is 10.2 Å². The third-order valence-electron chi connectivity index (χ3n) is 3.66. The molecule has 2 heterocycles. The SMILES string of the molecule is Cc1cc(C)c2c(N)c(C(=O)NC3CC3C)sc2n1. The van der Waals surface area contributed by atoms with Gasteiger partial charge in [-0.3, -0.25) is 4.79 Å². The van der Waals surface area contributed by atoms with Crippen LogP contribution in [0.2, 0.25) is 0 Å². The van der Waals surface area contributed by atoms with Gasteiger partial charge in [-0.1, -0.05) is 6.92 Å². The lowest BCUT2D eigenvalue weighted by molar-refractivity contribution is 0.0954. The average Bonchev–Trinajstić information content (AvgIpc) is 2.88. The fraction of sp³-hybridized carbons (Fsp3) is 0.429. The second-order valence-corrected chi connectivity index (χ2v) is 6.40. The number of hydrogen-bond acceptors (Lipinski definition) is 4. The molecule has 0 saturated heterocycles. The molecule has 4 nitrogen and oxygen atoms in total. The molecule has 0 aromatic carbocycles. The molecule has 0 aliphatic heterocycles. The number of fused-ring (bicyclic) bond motifs is 1. The van der Waals surface area contributed by atoms with E-state index in [0.717, 1.165) is 27.9 Å². The van der Waals surface area contributed by atoms with Crippen molar-refractivity contribution in [2.24, 2.45) is 5.92 Å². The quantitative estimate of drug-likeness (QED) is 0.885. The summed E-state index contributed by atoms with van der Waals surface area (Å²) in [5, 5.41) is 3.94. The van der Waals surface area contributed by atoms with Crippen LogP contribution in [0.5, 0.6) is 0 Å². The number of carbonyl (C=O) groups is 1. The molecular formula is C14H17N3OS. The Morgan fingerprint density at radius 2 is 2.21 bits per heavy atom. The van der Waals surface area contributed by atoms with E-state index in [4.69, 9.17) is 5.73 Å². The van der Waals surface area contributed by atoms with E-state index in [-0.39, 0.29) is 5.91 Å². The fourth-order valence-corrected chi connectivity index (χ4v) is 3.51. The highest BCUT2D eigenvalue weighted by atomic mass is 32.1. The average molecular weight is 275 g/mol. The second kappa shape index (κ2) is 4.20. The van der Waals surface area contributed by atoms with E-state index >= 15 is 0 Å². The third kappa shape index (κ3) is 2.08. The summed E-state index contributed by atoms with van der Waals surface area (Å²) >= 11 is 1.38. The molecule has 3 N–H and O–H groups in total. The van der Waals surface area contributed by atoms with E-state index in [2.05, 4.69) is 17.2 Å². The normalized spacial score (nSPS) is 21.6. The first kappa shape index (κ1) is 12.4. The minimum Gasteiger partial charge on any atom is -0.397 e. The van der Waals surface area contributed by atoms with Gasteiger partial charge in [0.1, 0.15) is 9.71 Å². The summed E-state index contributed by atoms with van der Waals surface area (Å²) in [5.74, 6) is 0.522. The molecule has 1 saturated carbocycles. The molecule has 1 aliphatic carbocycles. The Bertz CT molecular complexity index is 677. The lowest BCUT2D eigenvalue weighted by atomic mass is 10.1.